The van der Waals surface area contributed by atoms with Crippen molar-refractivity contribution in [1.29, 1.82) is 0 Å². The molecule has 5 heteroatoms. The molecule has 0 fully saturated rings. The molecule has 0 heterocycles. The Morgan fingerprint density at radius 1 is 1.13 bits per heavy atom. The Kier molecular flexibility index (Phi) is 6.45. The maximum absolute atomic E-state index is 12.7. The van der Waals surface area contributed by atoms with E-state index in [0.29, 0.717) is 18.0 Å². The maximum atomic E-state index is 12.7. The molecule has 0 aromatic heterocycles. The highest BCUT2D eigenvalue weighted by Gasteiger charge is 2.32. The molecule has 3 N–H and O–H groups in total. The molecule has 1 aromatic rings. The van der Waals surface area contributed by atoms with E-state index in [9.17, 15) is 4.79 Å². The third-order valence-corrected chi connectivity index (χ3v) is 4.68. The van der Waals surface area contributed by atoms with Gasteiger partial charge in [0.15, 0.2) is 11.5 Å². The summed E-state index contributed by atoms with van der Waals surface area (Å²) in [5.74, 6) is 1.20. The van der Waals surface area contributed by atoms with Gasteiger partial charge in [-0.1, -0.05) is 19.9 Å². The van der Waals surface area contributed by atoms with E-state index < -0.39 is 5.41 Å². The minimum atomic E-state index is -0.693. The predicted molar refractivity (Wildman–Crippen MR) is 93.1 cm³/mol. The van der Waals surface area contributed by atoms with Gasteiger partial charge in [-0.3, -0.25) is 4.79 Å². The molecular formula is C18H30N2O3. The number of hydrogen-bond acceptors (Lipinski definition) is 4. The average molecular weight is 322 g/mol. The van der Waals surface area contributed by atoms with Crippen molar-refractivity contribution in [3.8, 4) is 11.5 Å². The number of carbonyl (C=O) groups is 1. The minimum Gasteiger partial charge on any atom is -0.493 e. The Balaban J connectivity index is 2.95. The second-order valence-corrected chi connectivity index (χ2v) is 6.45. The maximum Gasteiger partial charge on any atom is 0.230 e. The first kappa shape index (κ1) is 19.3. The van der Waals surface area contributed by atoms with Gasteiger partial charge in [0.2, 0.25) is 5.91 Å². The van der Waals surface area contributed by atoms with Crippen LogP contribution in [0.5, 0.6) is 11.5 Å². The first-order valence-corrected chi connectivity index (χ1v) is 8.03. The van der Waals surface area contributed by atoms with Crippen LogP contribution in [0.2, 0.25) is 0 Å². The molecule has 0 bridgehead atoms. The van der Waals surface area contributed by atoms with Crippen molar-refractivity contribution >= 4 is 5.91 Å². The van der Waals surface area contributed by atoms with E-state index in [1.165, 1.54) is 0 Å². The zero-order chi connectivity index (χ0) is 17.7. The number of nitrogens with one attached hydrogen (secondary N) is 1. The molecule has 0 spiro atoms. The SMILES string of the molecule is CCC(N)(CC)CNC(=O)C(C)(C)c1ccc(OC)c(OC)c1. The molecule has 0 atom stereocenters. The van der Waals surface area contributed by atoms with Gasteiger partial charge in [0, 0.05) is 12.1 Å². The number of nitrogens with two attached hydrogens (primary N) is 1. The van der Waals surface area contributed by atoms with Crippen LogP contribution in [0.25, 0.3) is 0 Å². The third kappa shape index (κ3) is 4.38. The van der Waals surface area contributed by atoms with Gasteiger partial charge in [-0.15, -0.1) is 0 Å². The largest absolute Gasteiger partial charge is 0.493 e. The summed E-state index contributed by atoms with van der Waals surface area (Å²) >= 11 is 0. The van der Waals surface area contributed by atoms with Crippen LogP contribution in [-0.4, -0.2) is 32.2 Å². The van der Waals surface area contributed by atoms with Crippen LogP contribution in [0.1, 0.15) is 46.1 Å². The van der Waals surface area contributed by atoms with Crippen molar-refractivity contribution in [2.45, 2.75) is 51.5 Å². The number of carbonyl (C=O) groups excluding carboxylic acids is 1. The highest BCUT2D eigenvalue weighted by molar-refractivity contribution is 5.87. The summed E-state index contributed by atoms with van der Waals surface area (Å²) in [5.41, 5.74) is 6.07. The fourth-order valence-corrected chi connectivity index (χ4v) is 2.33. The monoisotopic (exact) mass is 322 g/mol. The molecule has 1 aromatic carbocycles. The Hall–Kier alpha value is -1.75. The molecule has 0 aliphatic rings. The van der Waals surface area contributed by atoms with Gasteiger partial charge >= 0.3 is 0 Å². The van der Waals surface area contributed by atoms with Crippen molar-refractivity contribution in [2.24, 2.45) is 5.73 Å². The van der Waals surface area contributed by atoms with E-state index >= 15 is 0 Å². The molecule has 0 aliphatic heterocycles. The average Bonchev–Trinajstić information content (AvgIpc) is 2.58. The van der Waals surface area contributed by atoms with E-state index in [1.807, 2.05) is 45.9 Å². The first-order chi connectivity index (χ1) is 10.7. The topological polar surface area (TPSA) is 73.6 Å². The highest BCUT2D eigenvalue weighted by atomic mass is 16.5. The summed E-state index contributed by atoms with van der Waals surface area (Å²) in [6.07, 6.45) is 1.64. The van der Waals surface area contributed by atoms with Crippen LogP contribution in [-0.2, 0) is 10.2 Å². The molecule has 0 unspecified atom stereocenters. The zero-order valence-electron chi connectivity index (χ0n) is 15.2. The Morgan fingerprint density at radius 2 is 1.70 bits per heavy atom. The molecule has 130 valence electrons. The van der Waals surface area contributed by atoms with Gasteiger partial charge in [0.1, 0.15) is 0 Å². The van der Waals surface area contributed by atoms with E-state index in [4.69, 9.17) is 15.2 Å². The highest BCUT2D eigenvalue weighted by Crippen LogP contribution is 2.33. The van der Waals surface area contributed by atoms with E-state index in [0.717, 1.165) is 18.4 Å². The summed E-state index contributed by atoms with van der Waals surface area (Å²) in [5, 5.41) is 2.99. The second-order valence-electron chi connectivity index (χ2n) is 6.45. The number of rotatable bonds is 8. The van der Waals surface area contributed by atoms with Gasteiger partial charge in [-0.2, -0.15) is 0 Å². The van der Waals surface area contributed by atoms with Crippen molar-refractivity contribution in [2.75, 3.05) is 20.8 Å². The number of benzene rings is 1. The van der Waals surface area contributed by atoms with Crippen LogP contribution >= 0.6 is 0 Å². The lowest BCUT2D eigenvalue weighted by atomic mass is 9.83. The van der Waals surface area contributed by atoms with Crippen LogP contribution in [0.4, 0.5) is 0 Å². The molecule has 0 aliphatic carbocycles. The summed E-state index contributed by atoms with van der Waals surface area (Å²) in [6, 6.07) is 5.54. The molecular weight excluding hydrogens is 292 g/mol. The smallest absolute Gasteiger partial charge is 0.230 e. The number of ether oxygens (including phenoxy) is 2. The lowest BCUT2D eigenvalue weighted by Gasteiger charge is -2.30. The number of methoxy groups -OCH3 is 2. The predicted octanol–water partition coefficient (Wildman–Crippen LogP) is 2.62. The van der Waals surface area contributed by atoms with Gasteiger partial charge in [0.05, 0.1) is 19.6 Å². The van der Waals surface area contributed by atoms with Crippen molar-refractivity contribution in [3.63, 3.8) is 0 Å². The van der Waals surface area contributed by atoms with Crippen LogP contribution in [0.3, 0.4) is 0 Å². The molecule has 1 rings (SSSR count). The summed E-state index contributed by atoms with van der Waals surface area (Å²) in [4.78, 5) is 12.7. The van der Waals surface area contributed by atoms with Gasteiger partial charge in [0.25, 0.3) is 0 Å². The van der Waals surface area contributed by atoms with Crippen LogP contribution in [0, 0.1) is 0 Å². The van der Waals surface area contributed by atoms with E-state index in [1.54, 1.807) is 14.2 Å². The quantitative estimate of drug-likeness (QED) is 0.771. The first-order valence-electron chi connectivity index (χ1n) is 8.03. The standard InChI is InChI=1S/C18H30N2O3/c1-7-18(19,8-2)12-20-16(21)17(3,4)13-9-10-14(22-5)15(11-13)23-6/h9-11H,7-8,12,19H2,1-6H3,(H,20,21). The fourth-order valence-electron chi connectivity index (χ4n) is 2.33. The number of hydrogen-bond donors (Lipinski definition) is 2. The third-order valence-electron chi connectivity index (χ3n) is 4.68. The van der Waals surface area contributed by atoms with Crippen molar-refractivity contribution in [1.82, 2.24) is 5.32 Å². The van der Waals surface area contributed by atoms with Crippen LogP contribution < -0.4 is 20.5 Å². The Labute approximate surface area is 139 Å². The Bertz CT molecular complexity index is 537. The summed E-state index contributed by atoms with van der Waals surface area (Å²) in [7, 11) is 3.17. The second kappa shape index (κ2) is 7.68. The summed E-state index contributed by atoms with van der Waals surface area (Å²) in [6.45, 7) is 8.32. The number of amides is 1. The van der Waals surface area contributed by atoms with E-state index in [2.05, 4.69) is 5.32 Å². The van der Waals surface area contributed by atoms with Crippen molar-refractivity contribution < 1.29 is 14.3 Å². The van der Waals surface area contributed by atoms with Gasteiger partial charge < -0.3 is 20.5 Å². The van der Waals surface area contributed by atoms with Gasteiger partial charge in [-0.25, -0.2) is 0 Å². The normalized spacial score (nSPS) is 12.0. The lowest BCUT2D eigenvalue weighted by Crippen LogP contribution is -2.52. The van der Waals surface area contributed by atoms with Gasteiger partial charge in [-0.05, 0) is 44.4 Å². The molecule has 0 saturated carbocycles. The summed E-state index contributed by atoms with van der Waals surface area (Å²) < 4.78 is 10.6. The molecule has 0 saturated heterocycles. The van der Waals surface area contributed by atoms with E-state index in [-0.39, 0.29) is 11.4 Å². The zero-order valence-corrected chi connectivity index (χ0v) is 15.2. The molecule has 1 amide bonds. The minimum absolute atomic E-state index is 0.0542. The lowest BCUT2D eigenvalue weighted by molar-refractivity contribution is -0.125. The van der Waals surface area contributed by atoms with Crippen LogP contribution in [0.15, 0.2) is 18.2 Å². The molecule has 23 heavy (non-hydrogen) atoms. The Morgan fingerprint density at radius 3 is 2.17 bits per heavy atom. The molecule has 5 nitrogen and oxygen atoms in total. The molecule has 0 radical (unpaired) electrons. The fraction of sp³-hybridized carbons (Fsp3) is 0.611. The van der Waals surface area contributed by atoms with Crippen molar-refractivity contribution in [3.05, 3.63) is 23.8 Å².